The van der Waals surface area contributed by atoms with Crippen molar-refractivity contribution in [2.75, 3.05) is 44.8 Å². The summed E-state index contributed by atoms with van der Waals surface area (Å²) >= 11 is 0. The minimum Gasteiger partial charge on any atom is -0.394 e. The lowest BCUT2D eigenvalue weighted by molar-refractivity contribution is -0.383. The number of aromatic nitrogens is 2. The Morgan fingerprint density at radius 3 is 2.00 bits per heavy atom. The number of ether oxygens (including phenoxy) is 6. The van der Waals surface area contributed by atoms with Crippen LogP contribution in [-0.4, -0.2) is 204 Å². The van der Waals surface area contributed by atoms with Crippen LogP contribution in [0.5, 0.6) is 0 Å². The first-order valence-electron chi connectivity index (χ1n) is 18.2. The van der Waals surface area contributed by atoms with Gasteiger partial charge in [0, 0.05) is 25.6 Å². The van der Waals surface area contributed by atoms with E-state index in [2.05, 4.69) is 25.6 Å². The monoisotopic (exact) mass is 823 g/mol. The molecule has 0 saturated carbocycles. The van der Waals surface area contributed by atoms with Crippen molar-refractivity contribution in [3.05, 3.63) is 22.2 Å². The van der Waals surface area contributed by atoms with Crippen molar-refractivity contribution in [2.45, 2.75) is 118 Å². The van der Waals surface area contributed by atoms with Crippen LogP contribution >= 0.6 is 0 Å². The number of amides is 1. The third-order valence-corrected chi connectivity index (χ3v) is 9.75. The molecule has 12 N–H and O–H groups in total. The Bertz CT molecular complexity index is 1590. The molecule has 3 fully saturated rings. The number of benzene rings is 1. The Labute approximate surface area is 322 Å². The van der Waals surface area contributed by atoms with Crippen molar-refractivity contribution in [1.29, 1.82) is 0 Å². The van der Waals surface area contributed by atoms with Gasteiger partial charge in [0.2, 0.25) is 11.4 Å². The summed E-state index contributed by atoms with van der Waals surface area (Å²) in [6, 6.07) is 2.80. The van der Waals surface area contributed by atoms with E-state index in [0.717, 1.165) is 0 Å². The second-order valence-corrected chi connectivity index (χ2v) is 13.7. The van der Waals surface area contributed by atoms with Crippen molar-refractivity contribution in [2.24, 2.45) is 0 Å². The number of anilines is 1. The number of non-ortho nitro benzene ring substituents is 1. The number of aliphatic hydroxyl groups is 10. The zero-order valence-electron chi connectivity index (χ0n) is 30.3. The highest BCUT2D eigenvalue weighted by atomic mass is 16.7. The minimum atomic E-state index is -1.90. The average molecular weight is 824 g/mol. The lowest BCUT2D eigenvalue weighted by Crippen LogP contribution is -2.65. The topological polar surface area (TPSA) is 381 Å². The van der Waals surface area contributed by atoms with E-state index in [1.165, 1.54) is 12.1 Å². The molecule has 3 aliphatic heterocycles. The standard InChI is InChI=1S/C32H49N5O20/c38-10-15-21(41)24(44)26(46)30(53-15)52-12-17-23(43)29(56-32-27(47)25(45)22(42)16(11-39)54-32)28(48)31(55-17)51-9-8-34-18(40)4-2-1-3-7-33-13-5-6-14(37(49)50)20-19(13)35-57-36-20/h5-6,15-17,21-33,38-39,41-48H,1-4,7-12H2,(H,34,40)/t15-,16-,17-,21-,22-,23-,24+,25+,26+,27+,28+,29+,30+,31+,32-/m1/s1. The Morgan fingerprint density at radius 2 is 1.33 bits per heavy atom. The number of carbonyl (C=O) groups is 1. The number of hydrogen-bond acceptors (Lipinski definition) is 23. The summed E-state index contributed by atoms with van der Waals surface area (Å²) in [4.78, 5) is 23.1. The van der Waals surface area contributed by atoms with Gasteiger partial charge in [0.05, 0.1) is 37.0 Å². The van der Waals surface area contributed by atoms with Crippen molar-refractivity contribution in [3.63, 3.8) is 0 Å². The second-order valence-electron chi connectivity index (χ2n) is 13.7. The molecule has 57 heavy (non-hydrogen) atoms. The molecule has 0 unspecified atom stereocenters. The van der Waals surface area contributed by atoms with Gasteiger partial charge in [0.15, 0.2) is 24.4 Å². The smallest absolute Gasteiger partial charge is 0.300 e. The maximum atomic E-state index is 12.5. The van der Waals surface area contributed by atoms with Crippen LogP contribution in [-0.2, 0) is 33.2 Å². The lowest BCUT2D eigenvalue weighted by Gasteiger charge is -2.46. The van der Waals surface area contributed by atoms with Gasteiger partial charge >= 0.3 is 5.69 Å². The Kier molecular flexibility index (Phi) is 16.1. The van der Waals surface area contributed by atoms with E-state index in [9.17, 15) is 66.0 Å². The number of unbranched alkanes of at least 4 members (excludes halogenated alkanes) is 2. The molecule has 1 aromatic carbocycles. The largest absolute Gasteiger partial charge is 0.394 e. The van der Waals surface area contributed by atoms with Crippen molar-refractivity contribution in [3.8, 4) is 0 Å². The van der Waals surface area contributed by atoms with Gasteiger partial charge in [-0.1, -0.05) is 6.42 Å². The molecule has 3 aliphatic rings. The maximum Gasteiger partial charge on any atom is 0.300 e. The van der Waals surface area contributed by atoms with Crippen LogP contribution in [0, 0.1) is 10.1 Å². The molecule has 4 heterocycles. The number of nitrogens with one attached hydrogen (secondary N) is 2. The summed E-state index contributed by atoms with van der Waals surface area (Å²) in [6.07, 6.45) is -23.2. The first-order chi connectivity index (χ1) is 27.3. The Morgan fingerprint density at radius 1 is 0.719 bits per heavy atom. The van der Waals surface area contributed by atoms with Gasteiger partial charge < -0.3 is 90.1 Å². The van der Waals surface area contributed by atoms with Gasteiger partial charge in [-0.3, -0.25) is 14.9 Å². The van der Waals surface area contributed by atoms with Crippen LogP contribution in [0.3, 0.4) is 0 Å². The number of hydrogen-bond donors (Lipinski definition) is 12. The highest BCUT2D eigenvalue weighted by molar-refractivity contribution is 5.93. The van der Waals surface area contributed by atoms with E-state index in [0.29, 0.717) is 31.5 Å². The first-order valence-corrected chi connectivity index (χ1v) is 18.2. The van der Waals surface area contributed by atoms with Crippen LogP contribution in [0.2, 0.25) is 0 Å². The summed E-state index contributed by atoms with van der Waals surface area (Å²) in [5, 5.41) is 127. The van der Waals surface area contributed by atoms with E-state index in [-0.39, 0.29) is 42.2 Å². The van der Waals surface area contributed by atoms with Crippen LogP contribution in [0.25, 0.3) is 11.0 Å². The number of rotatable bonds is 19. The Balaban J connectivity index is 1.10. The quantitative estimate of drug-likeness (QED) is 0.0357. The van der Waals surface area contributed by atoms with Gasteiger partial charge in [-0.2, -0.15) is 0 Å². The molecule has 0 radical (unpaired) electrons. The Hall–Kier alpha value is -3.35. The number of nitro benzene ring substituents is 1. The average Bonchev–Trinajstić information content (AvgIpc) is 3.70. The van der Waals surface area contributed by atoms with Crippen LogP contribution < -0.4 is 10.6 Å². The molecule has 15 atom stereocenters. The minimum absolute atomic E-state index is 0.0229. The maximum absolute atomic E-state index is 12.5. The van der Waals surface area contributed by atoms with Gasteiger partial charge in [-0.05, 0) is 29.2 Å². The van der Waals surface area contributed by atoms with Crippen LogP contribution in [0.15, 0.2) is 16.8 Å². The molecule has 2 aromatic rings. The van der Waals surface area contributed by atoms with E-state index >= 15 is 0 Å². The molecule has 25 heteroatoms. The summed E-state index contributed by atoms with van der Waals surface area (Å²) < 4.78 is 37.9. The zero-order chi connectivity index (χ0) is 41.4. The number of aliphatic hydroxyl groups excluding tert-OH is 10. The van der Waals surface area contributed by atoms with Gasteiger partial charge in [-0.25, -0.2) is 4.63 Å². The van der Waals surface area contributed by atoms with Crippen molar-refractivity contribution < 1.29 is 93.8 Å². The second kappa shape index (κ2) is 20.6. The summed E-state index contributed by atoms with van der Waals surface area (Å²) in [5.74, 6) is -0.313. The third-order valence-electron chi connectivity index (χ3n) is 9.75. The summed E-state index contributed by atoms with van der Waals surface area (Å²) in [6.45, 7) is -1.97. The first kappa shape index (κ1) is 44.7. The predicted molar refractivity (Wildman–Crippen MR) is 183 cm³/mol. The van der Waals surface area contributed by atoms with E-state index < -0.39 is 117 Å². The third kappa shape index (κ3) is 10.6. The number of nitro groups is 1. The molecule has 5 rings (SSSR count). The van der Waals surface area contributed by atoms with Gasteiger partial charge in [0.25, 0.3) is 0 Å². The molecule has 322 valence electrons. The zero-order valence-corrected chi connectivity index (χ0v) is 30.3. The fourth-order valence-electron chi connectivity index (χ4n) is 6.48. The van der Waals surface area contributed by atoms with Crippen LogP contribution in [0.1, 0.15) is 25.7 Å². The number of fused-ring (bicyclic) bond motifs is 1. The molecule has 25 nitrogen and oxygen atoms in total. The van der Waals surface area contributed by atoms with Gasteiger partial charge in [0.1, 0.15) is 73.2 Å². The molecule has 0 spiro atoms. The molecular formula is C32H49N5O20. The summed E-state index contributed by atoms with van der Waals surface area (Å²) in [7, 11) is 0. The van der Waals surface area contributed by atoms with Crippen molar-refractivity contribution >= 4 is 28.3 Å². The molecule has 0 bridgehead atoms. The van der Waals surface area contributed by atoms with Crippen LogP contribution in [0.4, 0.5) is 11.4 Å². The fraction of sp³-hybridized carbons (Fsp3) is 0.781. The summed E-state index contributed by atoms with van der Waals surface area (Å²) in [5.41, 5.74) is 0.524. The fourth-order valence-corrected chi connectivity index (χ4v) is 6.48. The molecular weight excluding hydrogens is 774 g/mol. The number of nitrogens with zero attached hydrogens (tertiary/aromatic N) is 3. The van der Waals surface area contributed by atoms with E-state index in [1.54, 1.807) is 0 Å². The highest BCUT2D eigenvalue weighted by Crippen LogP contribution is 2.32. The van der Waals surface area contributed by atoms with E-state index in [1.807, 2.05) is 0 Å². The predicted octanol–water partition coefficient (Wildman–Crippen LogP) is -5.32. The van der Waals surface area contributed by atoms with E-state index in [4.69, 9.17) is 28.4 Å². The molecule has 1 amide bonds. The molecule has 3 saturated heterocycles. The number of carbonyl (C=O) groups excluding carboxylic acids is 1. The lowest BCUT2D eigenvalue weighted by atomic mass is 9.96. The van der Waals surface area contributed by atoms with Crippen molar-refractivity contribution in [1.82, 2.24) is 15.6 Å². The van der Waals surface area contributed by atoms with Gasteiger partial charge in [-0.15, -0.1) is 0 Å². The normalized spacial score (nSPS) is 35.9. The molecule has 1 aromatic heterocycles. The molecule has 0 aliphatic carbocycles. The SMILES string of the molecule is O=C(CCCCCNc1ccc([N+](=O)[O-])c2nonc12)NCCO[C@H]1O[C@H](CO[C@H]2O[C@H](CO)[C@@H](O)[C@H](O)[C@@H]2O)[C@@H](O)[C@H](O[C@H]2O[C@H](CO)[C@@H](O)[C@H](O)[C@@H]2O)[C@@H]1O. The highest BCUT2D eigenvalue weighted by Gasteiger charge is 2.52.